The summed E-state index contributed by atoms with van der Waals surface area (Å²) in [5.41, 5.74) is 1.18. The first-order chi connectivity index (χ1) is 18.3. The van der Waals surface area contributed by atoms with Crippen molar-refractivity contribution in [3.8, 4) is 5.95 Å². The van der Waals surface area contributed by atoms with Crippen molar-refractivity contribution in [2.75, 3.05) is 5.01 Å². The topological polar surface area (TPSA) is 112 Å². The normalized spacial score (nSPS) is 18.5. The summed E-state index contributed by atoms with van der Waals surface area (Å²) in [5, 5.41) is 16.8. The minimum atomic E-state index is -3.64. The van der Waals surface area contributed by atoms with Crippen LogP contribution in [-0.2, 0) is 0 Å². The van der Waals surface area contributed by atoms with Gasteiger partial charge in [-0.1, -0.05) is 30.3 Å². The summed E-state index contributed by atoms with van der Waals surface area (Å²) in [6, 6.07) is 18.9. The number of aromatic nitrogens is 1. The SMILES string of the molecule is O[C@@H](CC[C@H]1C=NN(c2ccc(F)cc2)[C@@H]1c1ncc(OS(O)(O)c2ccccc2)o1)c1ccc(F)cc1. The fourth-order valence-corrected chi connectivity index (χ4v) is 5.16. The molecular formula is C27H25F2N3O5S. The van der Waals surface area contributed by atoms with Crippen LogP contribution in [0.4, 0.5) is 14.5 Å². The predicted octanol–water partition coefficient (Wildman–Crippen LogP) is 6.73. The van der Waals surface area contributed by atoms with Gasteiger partial charge in [0.2, 0.25) is 5.89 Å². The Labute approximate surface area is 219 Å². The van der Waals surface area contributed by atoms with E-state index in [0.717, 1.165) is 0 Å². The van der Waals surface area contributed by atoms with E-state index in [0.29, 0.717) is 24.1 Å². The molecule has 3 atom stereocenters. The molecule has 0 fully saturated rings. The van der Waals surface area contributed by atoms with Crippen molar-refractivity contribution in [2.24, 2.45) is 11.0 Å². The Bertz CT molecular complexity index is 1380. The maximum absolute atomic E-state index is 13.6. The molecule has 0 saturated heterocycles. The minimum absolute atomic E-state index is 0.183. The number of hydrazone groups is 1. The Hall–Kier alpha value is -3.77. The van der Waals surface area contributed by atoms with E-state index in [1.807, 2.05) is 0 Å². The van der Waals surface area contributed by atoms with Gasteiger partial charge in [-0.25, -0.2) is 13.8 Å². The third-order valence-electron chi connectivity index (χ3n) is 6.17. The van der Waals surface area contributed by atoms with Gasteiger partial charge in [-0.15, -0.1) is 0 Å². The van der Waals surface area contributed by atoms with Crippen molar-refractivity contribution in [3.05, 3.63) is 108 Å². The number of halogens is 2. The lowest BCUT2D eigenvalue weighted by Gasteiger charge is -2.26. The molecule has 3 N–H and O–H groups in total. The summed E-state index contributed by atoms with van der Waals surface area (Å²) in [5.74, 6) is -1.07. The molecule has 0 aliphatic carbocycles. The van der Waals surface area contributed by atoms with Crippen LogP contribution in [-0.4, -0.2) is 25.4 Å². The number of anilines is 1. The molecule has 11 heteroatoms. The van der Waals surface area contributed by atoms with Crippen molar-refractivity contribution >= 4 is 22.8 Å². The number of aliphatic hydroxyl groups is 1. The lowest BCUT2D eigenvalue weighted by atomic mass is 9.92. The number of benzene rings is 3. The van der Waals surface area contributed by atoms with E-state index in [-0.39, 0.29) is 28.5 Å². The van der Waals surface area contributed by atoms with Gasteiger partial charge in [0.15, 0.2) is 10.9 Å². The molecule has 8 nitrogen and oxygen atoms in total. The molecule has 198 valence electrons. The first-order valence-corrected chi connectivity index (χ1v) is 13.3. The van der Waals surface area contributed by atoms with E-state index in [9.17, 15) is 23.0 Å². The van der Waals surface area contributed by atoms with Gasteiger partial charge in [0.25, 0.3) is 0 Å². The van der Waals surface area contributed by atoms with E-state index >= 15 is 0 Å². The molecule has 5 rings (SSSR count). The van der Waals surface area contributed by atoms with Crippen LogP contribution in [0.1, 0.15) is 36.4 Å². The van der Waals surface area contributed by atoms with Gasteiger partial charge in [-0.3, -0.25) is 14.1 Å². The summed E-state index contributed by atoms with van der Waals surface area (Å²) in [7, 11) is -3.64. The summed E-state index contributed by atoms with van der Waals surface area (Å²) in [6.07, 6.45) is 2.93. The van der Waals surface area contributed by atoms with Crippen LogP contribution < -0.4 is 9.19 Å². The summed E-state index contributed by atoms with van der Waals surface area (Å²) in [6.45, 7) is 0. The Morgan fingerprint density at radius 1 is 0.947 bits per heavy atom. The molecule has 0 unspecified atom stereocenters. The molecule has 1 aliphatic heterocycles. The van der Waals surface area contributed by atoms with Crippen LogP contribution in [0.15, 0.2) is 99.5 Å². The van der Waals surface area contributed by atoms with Crippen LogP contribution in [0, 0.1) is 17.6 Å². The van der Waals surface area contributed by atoms with E-state index in [4.69, 9.17) is 8.60 Å². The second-order valence-corrected chi connectivity index (χ2v) is 10.4. The lowest BCUT2D eigenvalue weighted by Crippen LogP contribution is -2.25. The number of rotatable bonds is 9. The smallest absolute Gasteiger partial charge is 0.320 e. The Morgan fingerprint density at radius 3 is 2.29 bits per heavy atom. The molecule has 0 bridgehead atoms. The Kier molecular flexibility index (Phi) is 7.43. The maximum Gasteiger partial charge on any atom is 0.320 e. The van der Waals surface area contributed by atoms with Crippen molar-refractivity contribution < 1.29 is 31.6 Å². The van der Waals surface area contributed by atoms with Gasteiger partial charge in [0, 0.05) is 12.1 Å². The molecule has 1 aliphatic rings. The second-order valence-electron chi connectivity index (χ2n) is 8.75. The lowest BCUT2D eigenvalue weighted by molar-refractivity contribution is 0.158. The molecule has 4 aromatic rings. The third kappa shape index (κ3) is 5.70. The average Bonchev–Trinajstić information content (AvgIpc) is 3.55. The standard InChI is InChI=1S/C27H25F2N3O5S/c28-20-9-6-18(7-10-20)24(33)15-8-19-16-31-32(22-13-11-21(29)12-14-22)26(19)27-30-17-25(36-27)37-38(34,35)23-4-2-1-3-5-23/h1-7,9-14,16-17,19,24,26,33-35H,8,15H2/t19-,24-,26-/m0/s1. The van der Waals surface area contributed by atoms with Crippen molar-refractivity contribution in [3.63, 3.8) is 0 Å². The van der Waals surface area contributed by atoms with Gasteiger partial charge < -0.3 is 13.7 Å². The molecule has 2 heterocycles. The molecule has 0 amide bonds. The van der Waals surface area contributed by atoms with Crippen LogP contribution in [0.25, 0.3) is 0 Å². The first kappa shape index (κ1) is 25.9. The number of aliphatic hydroxyl groups excluding tert-OH is 1. The highest BCUT2D eigenvalue weighted by molar-refractivity contribution is 8.20. The molecule has 0 radical (unpaired) electrons. The molecule has 0 saturated carbocycles. The quantitative estimate of drug-likeness (QED) is 0.215. The predicted molar refractivity (Wildman–Crippen MR) is 139 cm³/mol. The van der Waals surface area contributed by atoms with Gasteiger partial charge in [0.05, 0.1) is 16.7 Å². The summed E-state index contributed by atoms with van der Waals surface area (Å²) < 4.78 is 59.0. The van der Waals surface area contributed by atoms with E-state index in [1.165, 1.54) is 54.7 Å². The molecule has 0 spiro atoms. The van der Waals surface area contributed by atoms with Crippen molar-refractivity contribution in [1.29, 1.82) is 0 Å². The minimum Gasteiger partial charge on any atom is -0.407 e. The monoisotopic (exact) mass is 541 g/mol. The van der Waals surface area contributed by atoms with Gasteiger partial charge in [0.1, 0.15) is 23.9 Å². The second kappa shape index (κ2) is 10.9. The van der Waals surface area contributed by atoms with Crippen molar-refractivity contribution in [1.82, 2.24) is 4.98 Å². The summed E-state index contributed by atoms with van der Waals surface area (Å²) in [4.78, 5) is 4.50. The fraction of sp³-hybridized carbons (Fsp3) is 0.185. The number of hydrogen-bond donors (Lipinski definition) is 3. The fourth-order valence-electron chi connectivity index (χ4n) is 4.24. The van der Waals surface area contributed by atoms with Gasteiger partial charge >= 0.3 is 5.95 Å². The third-order valence-corrected chi connectivity index (χ3v) is 7.46. The zero-order valence-electron chi connectivity index (χ0n) is 20.0. The van der Waals surface area contributed by atoms with Gasteiger partial charge in [-0.05, 0) is 66.9 Å². The van der Waals surface area contributed by atoms with Gasteiger partial charge in [-0.2, -0.15) is 5.10 Å². The molecular weight excluding hydrogens is 516 g/mol. The average molecular weight is 542 g/mol. The number of nitrogens with zero attached hydrogens (tertiary/aromatic N) is 3. The zero-order valence-corrected chi connectivity index (χ0v) is 20.8. The largest absolute Gasteiger partial charge is 0.407 e. The molecule has 3 aromatic carbocycles. The summed E-state index contributed by atoms with van der Waals surface area (Å²) >= 11 is 0. The number of oxazole rings is 1. The van der Waals surface area contributed by atoms with E-state index in [2.05, 4.69) is 10.1 Å². The highest BCUT2D eigenvalue weighted by Crippen LogP contribution is 2.50. The molecule has 1 aromatic heterocycles. The Balaban J connectivity index is 1.37. The Morgan fingerprint density at radius 2 is 1.61 bits per heavy atom. The maximum atomic E-state index is 13.6. The van der Waals surface area contributed by atoms with Crippen LogP contribution in [0.2, 0.25) is 0 Å². The van der Waals surface area contributed by atoms with Crippen LogP contribution in [0.3, 0.4) is 0 Å². The first-order valence-electron chi connectivity index (χ1n) is 11.8. The molecule has 38 heavy (non-hydrogen) atoms. The zero-order chi connectivity index (χ0) is 26.7. The van der Waals surface area contributed by atoms with E-state index < -0.39 is 28.8 Å². The highest BCUT2D eigenvalue weighted by Gasteiger charge is 2.38. The highest BCUT2D eigenvalue weighted by atomic mass is 32.3. The van der Waals surface area contributed by atoms with Crippen LogP contribution in [0.5, 0.6) is 5.95 Å². The van der Waals surface area contributed by atoms with Crippen LogP contribution >= 0.6 is 10.9 Å². The van der Waals surface area contributed by atoms with Crippen molar-refractivity contribution in [2.45, 2.75) is 29.9 Å². The number of hydrogen-bond acceptors (Lipinski definition) is 8. The van der Waals surface area contributed by atoms with E-state index in [1.54, 1.807) is 41.6 Å².